The quantitative estimate of drug-likeness (QED) is 0.617. The summed E-state index contributed by atoms with van der Waals surface area (Å²) in [7, 11) is 1.38. The van der Waals surface area contributed by atoms with Crippen LogP contribution in [-0.4, -0.2) is 13.1 Å². The van der Waals surface area contributed by atoms with Gasteiger partial charge in [-0.25, -0.2) is 4.79 Å². The van der Waals surface area contributed by atoms with Crippen molar-refractivity contribution in [1.82, 2.24) is 0 Å². The average Bonchev–Trinajstić information content (AvgIpc) is 2.55. The van der Waals surface area contributed by atoms with E-state index in [4.69, 9.17) is 9.47 Å². The molecule has 0 N–H and O–H groups in total. The molecule has 0 fully saturated rings. The third-order valence-corrected chi connectivity index (χ3v) is 3.14. The Labute approximate surface area is 124 Å². The number of carbonyl (C=O) groups excluding carboxylic acids is 1. The SMILES string of the molecule is CC=C(C(=O)OC)c1ccccc1COc1ccccc1. The van der Waals surface area contributed by atoms with Crippen LogP contribution >= 0.6 is 0 Å². The highest BCUT2D eigenvalue weighted by molar-refractivity contribution is 6.16. The lowest BCUT2D eigenvalue weighted by Gasteiger charge is -2.12. The normalized spacial score (nSPS) is 11.0. The van der Waals surface area contributed by atoms with Gasteiger partial charge in [-0.05, 0) is 30.2 Å². The van der Waals surface area contributed by atoms with Crippen molar-refractivity contribution in [1.29, 1.82) is 0 Å². The fraction of sp³-hybridized carbons (Fsp3) is 0.167. The summed E-state index contributed by atoms with van der Waals surface area (Å²) in [5.41, 5.74) is 2.33. The summed E-state index contributed by atoms with van der Waals surface area (Å²) in [6.07, 6.45) is 1.76. The monoisotopic (exact) mass is 282 g/mol. The lowest BCUT2D eigenvalue weighted by atomic mass is 10.00. The Balaban J connectivity index is 2.23. The van der Waals surface area contributed by atoms with E-state index in [1.807, 2.05) is 61.5 Å². The van der Waals surface area contributed by atoms with Crippen LogP contribution in [0.25, 0.3) is 5.57 Å². The number of allylic oxidation sites excluding steroid dienone is 1. The predicted octanol–water partition coefficient (Wildman–Crippen LogP) is 3.84. The largest absolute Gasteiger partial charge is 0.489 e. The van der Waals surface area contributed by atoms with E-state index < -0.39 is 0 Å². The van der Waals surface area contributed by atoms with E-state index in [1.165, 1.54) is 7.11 Å². The number of carbonyl (C=O) groups is 1. The molecule has 0 aliphatic heterocycles. The van der Waals surface area contributed by atoms with Gasteiger partial charge in [-0.3, -0.25) is 0 Å². The molecule has 3 heteroatoms. The fourth-order valence-electron chi connectivity index (χ4n) is 2.08. The number of hydrogen-bond acceptors (Lipinski definition) is 3. The zero-order valence-corrected chi connectivity index (χ0v) is 12.2. The molecule has 0 aliphatic rings. The standard InChI is InChI=1S/C18H18O3/c1-3-16(18(19)20-2)17-12-8-7-9-14(17)13-21-15-10-5-4-6-11-15/h3-12H,13H2,1-2H3. The van der Waals surface area contributed by atoms with Crippen LogP contribution < -0.4 is 4.74 Å². The number of esters is 1. The van der Waals surface area contributed by atoms with Gasteiger partial charge in [0.1, 0.15) is 12.4 Å². The number of hydrogen-bond donors (Lipinski definition) is 0. The maximum atomic E-state index is 11.8. The van der Waals surface area contributed by atoms with Crippen LogP contribution in [0.3, 0.4) is 0 Å². The number of rotatable bonds is 5. The van der Waals surface area contributed by atoms with Crippen molar-refractivity contribution < 1.29 is 14.3 Å². The zero-order valence-electron chi connectivity index (χ0n) is 12.2. The van der Waals surface area contributed by atoms with E-state index in [-0.39, 0.29) is 5.97 Å². The van der Waals surface area contributed by atoms with E-state index in [9.17, 15) is 4.79 Å². The number of ether oxygens (including phenoxy) is 2. The van der Waals surface area contributed by atoms with Crippen molar-refractivity contribution in [3.63, 3.8) is 0 Å². The van der Waals surface area contributed by atoms with Crippen molar-refractivity contribution in [2.75, 3.05) is 7.11 Å². The second-order valence-corrected chi connectivity index (χ2v) is 4.45. The van der Waals surface area contributed by atoms with E-state index in [0.29, 0.717) is 12.2 Å². The van der Waals surface area contributed by atoms with Gasteiger partial charge >= 0.3 is 5.97 Å². The first kappa shape index (κ1) is 14.9. The van der Waals surface area contributed by atoms with Gasteiger partial charge < -0.3 is 9.47 Å². The van der Waals surface area contributed by atoms with E-state index in [1.54, 1.807) is 6.08 Å². The average molecular weight is 282 g/mol. The van der Waals surface area contributed by atoms with Gasteiger partial charge in [0.25, 0.3) is 0 Å². The molecule has 0 saturated carbocycles. The molecule has 0 radical (unpaired) electrons. The first-order valence-electron chi connectivity index (χ1n) is 6.77. The number of benzene rings is 2. The maximum absolute atomic E-state index is 11.8. The van der Waals surface area contributed by atoms with Crippen LogP contribution in [0.5, 0.6) is 5.75 Å². The molecule has 0 aromatic heterocycles. The molecule has 108 valence electrons. The molecule has 3 nitrogen and oxygen atoms in total. The Bertz CT molecular complexity index is 630. The number of para-hydroxylation sites is 1. The second kappa shape index (κ2) is 7.29. The molecule has 2 rings (SSSR count). The van der Waals surface area contributed by atoms with Gasteiger partial charge in [0, 0.05) is 0 Å². The van der Waals surface area contributed by atoms with Crippen molar-refractivity contribution in [3.05, 3.63) is 71.8 Å². The molecule has 2 aromatic rings. The molecule has 0 bridgehead atoms. The minimum Gasteiger partial charge on any atom is -0.489 e. The highest BCUT2D eigenvalue weighted by atomic mass is 16.5. The van der Waals surface area contributed by atoms with Crippen LogP contribution in [0, 0.1) is 0 Å². The van der Waals surface area contributed by atoms with Crippen LogP contribution in [0.1, 0.15) is 18.1 Å². The Morgan fingerprint density at radius 1 is 1.05 bits per heavy atom. The van der Waals surface area contributed by atoms with Crippen molar-refractivity contribution in [2.24, 2.45) is 0 Å². The minimum absolute atomic E-state index is 0.343. The number of methoxy groups -OCH3 is 1. The molecule has 0 unspecified atom stereocenters. The molecule has 0 amide bonds. The summed E-state index contributed by atoms with van der Waals surface area (Å²) >= 11 is 0. The Kier molecular flexibility index (Phi) is 5.16. The van der Waals surface area contributed by atoms with Gasteiger partial charge in [-0.2, -0.15) is 0 Å². The summed E-state index contributed by atoms with van der Waals surface area (Å²) in [4.78, 5) is 11.8. The third-order valence-electron chi connectivity index (χ3n) is 3.14. The van der Waals surface area contributed by atoms with Crippen LogP contribution in [0.2, 0.25) is 0 Å². The lowest BCUT2D eigenvalue weighted by molar-refractivity contribution is -0.133. The summed E-state index contributed by atoms with van der Waals surface area (Å²) in [5, 5.41) is 0. The molecular formula is C18H18O3. The third kappa shape index (κ3) is 3.72. The first-order chi connectivity index (χ1) is 10.3. The van der Waals surface area contributed by atoms with E-state index in [0.717, 1.165) is 16.9 Å². The van der Waals surface area contributed by atoms with Gasteiger partial charge in [-0.15, -0.1) is 0 Å². The van der Waals surface area contributed by atoms with Crippen LogP contribution in [0.4, 0.5) is 0 Å². The molecule has 0 spiro atoms. The Morgan fingerprint density at radius 2 is 1.71 bits per heavy atom. The summed E-state index contributed by atoms with van der Waals surface area (Å²) in [5.74, 6) is 0.456. The lowest BCUT2D eigenvalue weighted by Crippen LogP contribution is -2.07. The molecule has 0 heterocycles. The topological polar surface area (TPSA) is 35.5 Å². The van der Waals surface area contributed by atoms with Crippen LogP contribution in [-0.2, 0) is 16.1 Å². The molecule has 21 heavy (non-hydrogen) atoms. The molecule has 0 atom stereocenters. The van der Waals surface area contributed by atoms with Gasteiger partial charge in [0.2, 0.25) is 0 Å². The second-order valence-electron chi connectivity index (χ2n) is 4.45. The molecule has 0 saturated heterocycles. The minimum atomic E-state index is -0.343. The van der Waals surface area contributed by atoms with Gasteiger partial charge in [-0.1, -0.05) is 48.5 Å². The van der Waals surface area contributed by atoms with Crippen LogP contribution in [0.15, 0.2) is 60.7 Å². The Morgan fingerprint density at radius 3 is 2.38 bits per heavy atom. The highest BCUT2D eigenvalue weighted by Crippen LogP contribution is 2.22. The fourth-order valence-corrected chi connectivity index (χ4v) is 2.08. The maximum Gasteiger partial charge on any atom is 0.338 e. The Hall–Kier alpha value is -2.55. The van der Waals surface area contributed by atoms with Crippen molar-refractivity contribution >= 4 is 11.5 Å². The summed E-state index contributed by atoms with van der Waals surface area (Å²) in [6, 6.07) is 17.3. The van der Waals surface area contributed by atoms with Gasteiger partial charge in [0.05, 0.1) is 12.7 Å². The predicted molar refractivity (Wildman–Crippen MR) is 82.9 cm³/mol. The highest BCUT2D eigenvalue weighted by Gasteiger charge is 2.14. The summed E-state index contributed by atoms with van der Waals surface area (Å²) in [6.45, 7) is 2.22. The van der Waals surface area contributed by atoms with Crippen molar-refractivity contribution in [2.45, 2.75) is 13.5 Å². The van der Waals surface area contributed by atoms with Gasteiger partial charge in [0.15, 0.2) is 0 Å². The zero-order chi connectivity index (χ0) is 15.1. The molecule has 0 aliphatic carbocycles. The molecular weight excluding hydrogens is 264 g/mol. The van der Waals surface area contributed by atoms with E-state index >= 15 is 0 Å². The molecule has 2 aromatic carbocycles. The smallest absolute Gasteiger partial charge is 0.338 e. The van der Waals surface area contributed by atoms with Crippen molar-refractivity contribution in [3.8, 4) is 5.75 Å². The van der Waals surface area contributed by atoms with E-state index in [2.05, 4.69) is 0 Å². The summed E-state index contributed by atoms with van der Waals surface area (Å²) < 4.78 is 10.6. The first-order valence-corrected chi connectivity index (χ1v) is 6.77.